The zero-order valence-corrected chi connectivity index (χ0v) is 13.0. The van der Waals surface area contributed by atoms with E-state index in [0.717, 1.165) is 5.56 Å². The van der Waals surface area contributed by atoms with Crippen molar-refractivity contribution in [3.05, 3.63) is 23.8 Å². The minimum atomic E-state index is -3.61. The van der Waals surface area contributed by atoms with Gasteiger partial charge >= 0.3 is 0 Å². The Morgan fingerprint density at radius 1 is 1.50 bits per heavy atom. The van der Waals surface area contributed by atoms with Crippen LogP contribution in [-0.4, -0.2) is 26.7 Å². The van der Waals surface area contributed by atoms with Gasteiger partial charge in [0.15, 0.2) is 0 Å². The van der Waals surface area contributed by atoms with Crippen LogP contribution >= 0.6 is 0 Å². The van der Waals surface area contributed by atoms with Crippen molar-refractivity contribution in [2.45, 2.75) is 50.2 Å². The lowest BCUT2D eigenvalue weighted by molar-refractivity contribution is 0.0957. The summed E-state index contributed by atoms with van der Waals surface area (Å²) < 4.78 is 33.6. The van der Waals surface area contributed by atoms with Gasteiger partial charge in [-0.15, -0.1) is 0 Å². The molecule has 2 unspecified atom stereocenters. The molecular weight excluding hydrogens is 276 g/mol. The predicted molar refractivity (Wildman–Crippen MR) is 79.0 cm³/mol. The SMILES string of the molecule is CCc1ccc(N)cc1S(=O)(=O)NC1(C)CCOC1C. The first-order valence-electron chi connectivity index (χ1n) is 6.82. The maximum absolute atomic E-state index is 12.6. The zero-order chi connectivity index (χ0) is 15.0. The molecule has 1 fully saturated rings. The number of nitrogen functional groups attached to an aromatic ring is 1. The summed E-state index contributed by atoms with van der Waals surface area (Å²) in [6, 6.07) is 5.01. The van der Waals surface area contributed by atoms with Crippen molar-refractivity contribution in [3.8, 4) is 0 Å². The van der Waals surface area contributed by atoms with Crippen LogP contribution in [0.2, 0.25) is 0 Å². The smallest absolute Gasteiger partial charge is 0.241 e. The van der Waals surface area contributed by atoms with E-state index < -0.39 is 15.6 Å². The monoisotopic (exact) mass is 298 g/mol. The lowest BCUT2D eigenvalue weighted by atomic mass is 9.97. The van der Waals surface area contributed by atoms with Crippen LogP contribution in [0.1, 0.15) is 32.8 Å². The van der Waals surface area contributed by atoms with Gasteiger partial charge in [0.05, 0.1) is 16.5 Å². The van der Waals surface area contributed by atoms with Gasteiger partial charge in [0.2, 0.25) is 10.0 Å². The molecule has 1 heterocycles. The predicted octanol–water partition coefficient (Wildman–Crippen LogP) is 1.68. The maximum Gasteiger partial charge on any atom is 0.241 e. The highest BCUT2D eigenvalue weighted by Crippen LogP contribution is 2.28. The van der Waals surface area contributed by atoms with Crippen LogP contribution in [0, 0.1) is 0 Å². The molecule has 0 saturated carbocycles. The number of hydrogen-bond acceptors (Lipinski definition) is 4. The van der Waals surface area contributed by atoms with Gasteiger partial charge in [0.25, 0.3) is 0 Å². The average molecular weight is 298 g/mol. The van der Waals surface area contributed by atoms with Crippen molar-refractivity contribution in [2.75, 3.05) is 12.3 Å². The molecule has 1 aliphatic rings. The van der Waals surface area contributed by atoms with Crippen LogP contribution in [-0.2, 0) is 21.2 Å². The fourth-order valence-corrected chi connectivity index (χ4v) is 4.28. The van der Waals surface area contributed by atoms with Crippen molar-refractivity contribution in [3.63, 3.8) is 0 Å². The van der Waals surface area contributed by atoms with Crippen LogP contribution in [0.5, 0.6) is 0 Å². The summed E-state index contributed by atoms with van der Waals surface area (Å²) in [6.07, 6.45) is 1.15. The molecule has 0 aliphatic carbocycles. The summed E-state index contributed by atoms with van der Waals surface area (Å²) in [5, 5.41) is 0. The van der Waals surface area contributed by atoms with Gasteiger partial charge in [-0.05, 0) is 44.4 Å². The molecule has 0 radical (unpaired) electrons. The first-order chi connectivity index (χ1) is 9.28. The van der Waals surface area contributed by atoms with E-state index in [1.165, 1.54) is 6.07 Å². The summed E-state index contributed by atoms with van der Waals surface area (Å²) >= 11 is 0. The largest absolute Gasteiger partial charge is 0.399 e. The summed E-state index contributed by atoms with van der Waals surface area (Å²) in [5.74, 6) is 0. The Bertz CT molecular complexity index is 600. The summed E-state index contributed by atoms with van der Waals surface area (Å²) in [4.78, 5) is 0.264. The van der Waals surface area contributed by atoms with Gasteiger partial charge in [0.1, 0.15) is 0 Å². The highest BCUT2D eigenvalue weighted by Gasteiger charge is 2.40. The lowest BCUT2D eigenvalue weighted by Gasteiger charge is -2.29. The third-order valence-electron chi connectivity index (χ3n) is 4.02. The van der Waals surface area contributed by atoms with E-state index in [0.29, 0.717) is 25.1 Å². The van der Waals surface area contributed by atoms with Gasteiger partial charge in [0, 0.05) is 12.3 Å². The Labute approximate surface area is 120 Å². The zero-order valence-electron chi connectivity index (χ0n) is 12.1. The second kappa shape index (κ2) is 5.35. The fourth-order valence-electron chi connectivity index (χ4n) is 2.44. The molecule has 0 bridgehead atoms. The van der Waals surface area contributed by atoms with E-state index in [1.54, 1.807) is 12.1 Å². The first kappa shape index (κ1) is 15.3. The maximum atomic E-state index is 12.6. The van der Waals surface area contributed by atoms with E-state index in [9.17, 15) is 8.42 Å². The molecular formula is C14H22N2O3S. The van der Waals surface area contributed by atoms with Gasteiger partial charge in [-0.3, -0.25) is 0 Å². The van der Waals surface area contributed by atoms with Crippen molar-refractivity contribution in [1.82, 2.24) is 4.72 Å². The molecule has 0 spiro atoms. The van der Waals surface area contributed by atoms with Gasteiger partial charge in [-0.1, -0.05) is 13.0 Å². The molecule has 2 atom stereocenters. The van der Waals surface area contributed by atoms with Crippen LogP contribution in [0.3, 0.4) is 0 Å². The van der Waals surface area contributed by atoms with E-state index in [4.69, 9.17) is 10.5 Å². The molecule has 0 amide bonds. The number of rotatable bonds is 4. The van der Waals surface area contributed by atoms with Crippen LogP contribution in [0.25, 0.3) is 0 Å². The molecule has 1 aliphatic heterocycles. The average Bonchev–Trinajstić information content (AvgIpc) is 2.68. The Kier molecular flexibility index (Phi) is 4.09. The van der Waals surface area contributed by atoms with Crippen molar-refractivity contribution in [2.24, 2.45) is 0 Å². The number of sulfonamides is 1. The van der Waals surface area contributed by atoms with E-state index >= 15 is 0 Å². The standard InChI is InChI=1S/C14H22N2O3S/c1-4-11-5-6-12(15)9-13(11)20(17,18)16-14(3)7-8-19-10(14)2/h5-6,9-10,16H,4,7-8,15H2,1-3H3. The van der Waals surface area contributed by atoms with Gasteiger partial charge < -0.3 is 10.5 Å². The molecule has 112 valence electrons. The lowest BCUT2D eigenvalue weighted by Crippen LogP contribution is -2.50. The summed E-state index contributed by atoms with van der Waals surface area (Å²) in [5.41, 5.74) is 6.37. The normalized spacial score (nSPS) is 26.9. The highest BCUT2D eigenvalue weighted by molar-refractivity contribution is 7.89. The third-order valence-corrected chi connectivity index (χ3v) is 5.71. The van der Waals surface area contributed by atoms with E-state index in [2.05, 4.69) is 4.72 Å². The van der Waals surface area contributed by atoms with Crippen molar-refractivity contribution >= 4 is 15.7 Å². The molecule has 5 nitrogen and oxygen atoms in total. The minimum absolute atomic E-state index is 0.150. The van der Waals surface area contributed by atoms with Crippen LogP contribution in [0.15, 0.2) is 23.1 Å². The fraction of sp³-hybridized carbons (Fsp3) is 0.571. The molecule has 1 aromatic carbocycles. The Hall–Kier alpha value is -1.11. The molecule has 1 aromatic rings. The van der Waals surface area contributed by atoms with Crippen molar-refractivity contribution < 1.29 is 13.2 Å². The number of hydrogen-bond donors (Lipinski definition) is 2. The van der Waals surface area contributed by atoms with Gasteiger partial charge in [-0.2, -0.15) is 0 Å². The molecule has 20 heavy (non-hydrogen) atoms. The number of ether oxygens (including phenoxy) is 1. The van der Waals surface area contributed by atoms with E-state index in [1.807, 2.05) is 20.8 Å². The molecule has 2 rings (SSSR count). The third kappa shape index (κ3) is 2.82. The van der Waals surface area contributed by atoms with Gasteiger partial charge in [-0.25, -0.2) is 13.1 Å². The Morgan fingerprint density at radius 3 is 2.75 bits per heavy atom. The quantitative estimate of drug-likeness (QED) is 0.829. The molecule has 6 heteroatoms. The van der Waals surface area contributed by atoms with Crippen LogP contribution in [0.4, 0.5) is 5.69 Å². The molecule has 1 saturated heterocycles. The topological polar surface area (TPSA) is 81.4 Å². The summed E-state index contributed by atoms with van der Waals surface area (Å²) in [6.45, 7) is 6.25. The molecule has 0 aromatic heterocycles. The number of anilines is 1. The highest BCUT2D eigenvalue weighted by atomic mass is 32.2. The number of nitrogens with two attached hydrogens (primary N) is 1. The number of aryl methyl sites for hydroxylation is 1. The Morgan fingerprint density at radius 2 is 2.20 bits per heavy atom. The Balaban J connectivity index is 2.38. The van der Waals surface area contributed by atoms with Crippen molar-refractivity contribution in [1.29, 1.82) is 0 Å². The number of nitrogens with one attached hydrogen (secondary N) is 1. The second-order valence-corrected chi connectivity index (χ2v) is 7.16. The first-order valence-corrected chi connectivity index (χ1v) is 8.31. The second-order valence-electron chi connectivity index (χ2n) is 5.51. The minimum Gasteiger partial charge on any atom is -0.399 e. The van der Waals surface area contributed by atoms with E-state index in [-0.39, 0.29) is 11.0 Å². The molecule has 3 N–H and O–H groups in total. The number of benzene rings is 1. The summed E-state index contributed by atoms with van der Waals surface area (Å²) in [7, 11) is -3.61. The van der Waals surface area contributed by atoms with Crippen LogP contribution < -0.4 is 10.5 Å².